The molecule has 4 nitrogen and oxygen atoms in total. The highest BCUT2D eigenvalue weighted by molar-refractivity contribution is 5.78. The Balaban J connectivity index is 2.32. The maximum Gasteiger partial charge on any atom is 0.139 e. The van der Waals surface area contributed by atoms with Gasteiger partial charge < -0.3 is 10.4 Å². The van der Waals surface area contributed by atoms with Crippen molar-refractivity contribution in [1.82, 2.24) is 9.38 Å². The first-order valence-electron chi connectivity index (χ1n) is 7.82. The molecule has 3 aromatic rings. The maximum atomic E-state index is 9.82. The molecular formula is C19H23N3O. The molecule has 2 N–H and O–H groups in total. The van der Waals surface area contributed by atoms with E-state index in [4.69, 9.17) is 4.98 Å². The quantitative estimate of drug-likeness (QED) is 0.731. The Morgan fingerprint density at radius 1 is 1.09 bits per heavy atom. The molecule has 0 radical (unpaired) electrons. The van der Waals surface area contributed by atoms with Gasteiger partial charge in [0.05, 0.1) is 0 Å². The van der Waals surface area contributed by atoms with Gasteiger partial charge in [0.2, 0.25) is 0 Å². The van der Waals surface area contributed by atoms with Crippen LogP contribution in [-0.4, -0.2) is 20.0 Å². The molecule has 23 heavy (non-hydrogen) atoms. The minimum absolute atomic E-state index is 0.0983. The number of aromatic nitrogens is 2. The van der Waals surface area contributed by atoms with Gasteiger partial charge in [-0.2, -0.15) is 0 Å². The van der Waals surface area contributed by atoms with Crippen LogP contribution in [0.1, 0.15) is 32.0 Å². The molecule has 120 valence electrons. The lowest BCUT2D eigenvalue weighted by Crippen LogP contribution is -2.27. The van der Waals surface area contributed by atoms with Gasteiger partial charge >= 0.3 is 0 Å². The second-order valence-corrected chi connectivity index (χ2v) is 7.10. The largest absolute Gasteiger partial charge is 0.508 e. The van der Waals surface area contributed by atoms with Crippen molar-refractivity contribution >= 4 is 11.5 Å². The zero-order valence-corrected chi connectivity index (χ0v) is 14.3. The number of hydrogen-bond acceptors (Lipinski definition) is 3. The predicted molar refractivity (Wildman–Crippen MR) is 95.1 cm³/mol. The van der Waals surface area contributed by atoms with Crippen molar-refractivity contribution in [1.29, 1.82) is 0 Å². The van der Waals surface area contributed by atoms with Crippen molar-refractivity contribution in [3.8, 4) is 17.0 Å². The minimum atomic E-state index is -0.0983. The summed E-state index contributed by atoms with van der Waals surface area (Å²) in [6, 6.07) is 11.5. The number of rotatable bonds is 2. The molecule has 0 aliphatic rings. The molecule has 0 fully saturated rings. The van der Waals surface area contributed by atoms with Crippen LogP contribution in [0.3, 0.4) is 0 Å². The molecular weight excluding hydrogens is 286 g/mol. The summed E-state index contributed by atoms with van der Waals surface area (Å²) in [7, 11) is 0. The van der Waals surface area contributed by atoms with Gasteiger partial charge in [-0.15, -0.1) is 0 Å². The Morgan fingerprint density at radius 2 is 1.83 bits per heavy atom. The fourth-order valence-corrected chi connectivity index (χ4v) is 2.86. The number of fused-ring (bicyclic) bond motifs is 1. The van der Waals surface area contributed by atoms with Crippen LogP contribution in [-0.2, 0) is 0 Å². The van der Waals surface area contributed by atoms with Crippen LogP contribution >= 0.6 is 0 Å². The first kappa shape index (κ1) is 15.4. The van der Waals surface area contributed by atoms with Crippen LogP contribution in [0.15, 0.2) is 36.4 Å². The van der Waals surface area contributed by atoms with Crippen LogP contribution in [0.5, 0.6) is 5.75 Å². The van der Waals surface area contributed by atoms with E-state index in [1.54, 1.807) is 12.1 Å². The van der Waals surface area contributed by atoms with Gasteiger partial charge in [-0.05, 0) is 64.4 Å². The van der Waals surface area contributed by atoms with Gasteiger partial charge in [-0.3, -0.25) is 4.40 Å². The summed E-state index contributed by atoms with van der Waals surface area (Å²) in [5.41, 5.74) is 4.88. The number of benzene rings is 1. The molecule has 0 saturated carbocycles. The van der Waals surface area contributed by atoms with Gasteiger partial charge in [0.1, 0.15) is 22.9 Å². The highest BCUT2D eigenvalue weighted by Crippen LogP contribution is 2.33. The fourth-order valence-electron chi connectivity index (χ4n) is 2.86. The highest BCUT2D eigenvalue weighted by Gasteiger charge is 2.20. The summed E-state index contributed by atoms with van der Waals surface area (Å²) in [6.45, 7) is 10.5. The van der Waals surface area contributed by atoms with E-state index in [9.17, 15) is 5.11 Å². The highest BCUT2D eigenvalue weighted by atomic mass is 16.3. The molecule has 4 heteroatoms. The summed E-state index contributed by atoms with van der Waals surface area (Å²) in [5, 5.41) is 13.4. The molecule has 0 unspecified atom stereocenters. The average Bonchev–Trinajstić information content (AvgIpc) is 2.75. The first-order valence-corrected chi connectivity index (χ1v) is 7.82. The zero-order chi connectivity index (χ0) is 16.8. The van der Waals surface area contributed by atoms with Crippen molar-refractivity contribution in [3.05, 3.63) is 47.7 Å². The van der Waals surface area contributed by atoms with E-state index < -0.39 is 0 Å². The topological polar surface area (TPSA) is 49.6 Å². The molecule has 0 aliphatic carbocycles. The average molecular weight is 309 g/mol. The second kappa shape index (κ2) is 5.30. The number of phenolic OH excluding ortho intramolecular Hbond substituents is 1. The van der Waals surface area contributed by atoms with Crippen molar-refractivity contribution in [2.45, 2.75) is 40.2 Å². The van der Waals surface area contributed by atoms with E-state index in [-0.39, 0.29) is 11.3 Å². The van der Waals surface area contributed by atoms with E-state index >= 15 is 0 Å². The van der Waals surface area contributed by atoms with E-state index in [0.29, 0.717) is 0 Å². The van der Waals surface area contributed by atoms with Gasteiger partial charge in [-0.1, -0.05) is 12.1 Å². The maximum absolute atomic E-state index is 9.82. The number of phenols is 1. The number of aryl methyl sites for hydroxylation is 2. The Morgan fingerprint density at radius 3 is 2.48 bits per heavy atom. The van der Waals surface area contributed by atoms with E-state index in [1.807, 2.05) is 12.1 Å². The number of nitrogens with one attached hydrogen (secondary N) is 1. The minimum Gasteiger partial charge on any atom is -0.508 e. The third kappa shape index (κ3) is 3.02. The number of anilines is 1. The second-order valence-electron chi connectivity index (χ2n) is 7.10. The van der Waals surface area contributed by atoms with E-state index in [2.05, 4.69) is 56.5 Å². The van der Waals surface area contributed by atoms with Crippen LogP contribution in [0.2, 0.25) is 0 Å². The third-order valence-electron chi connectivity index (χ3n) is 3.66. The molecule has 1 aromatic carbocycles. The monoisotopic (exact) mass is 309 g/mol. The molecule has 0 spiro atoms. The van der Waals surface area contributed by atoms with Crippen molar-refractivity contribution in [3.63, 3.8) is 0 Å². The Hall–Kier alpha value is -2.49. The summed E-state index contributed by atoms with van der Waals surface area (Å²) in [5.74, 6) is 1.20. The molecule has 0 aliphatic heterocycles. The number of pyridine rings is 1. The summed E-state index contributed by atoms with van der Waals surface area (Å²) in [6.07, 6.45) is 0. The van der Waals surface area contributed by atoms with Gasteiger partial charge in [0, 0.05) is 16.8 Å². The molecule has 2 heterocycles. The van der Waals surface area contributed by atoms with Crippen molar-refractivity contribution in [2.24, 2.45) is 0 Å². The summed E-state index contributed by atoms with van der Waals surface area (Å²) in [4.78, 5) is 4.82. The first-order chi connectivity index (χ1) is 10.7. The van der Waals surface area contributed by atoms with Crippen molar-refractivity contribution in [2.75, 3.05) is 5.32 Å². The van der Waals surface area contributed by atoms with Crippen LogP contribution in [0.4, 0.5) is 5.82 Å². The van der Waals surface area contributed by atoms with Crippen molar-refractivity contribution < 1.29 is 5.11 Å². The van der Waals surface area contributed by atoms with Gasteiger partial charge in [0.25, 0.3) is 0 Å². The van der Waals surface area contributed by atoms with E-state index in [1.165, 1.54) is 5.56 Å². The standard InChI is InChI=1S/C19H23N3O/c1-12-9-13(2)22-16(10-12)20-17(18(22)21-19(3,4)5)14-7-6-8-15(23)11-14/h6-11,21,23H,1-5H3. The number of aromatic hydroxyl groups is 1. The number of imidazole rings is 1. The molecule has 3 rings (SSSR count). The molecule has 0 amide bonds. The van der Waals surface area contributed by atoms with Gasteiger partial charge in [-0.25, -0.2) is 4.98 Å². The number of nitrogens with zero attached hydrogens (tertiary/aromatic N) is 2. The molecule has 0 atom stereocenters. The lowest BCUT2D eigenvalue weighted by atomic mass is 10.1. The fraction of sp³-hybridized carbons (Fsp3) is 0.316. The molecule has 0 bridgehead atoms. The Labute approximate surface area is 136 Å². The zero-order valence-electron chi connectivity index (χ0n) is 14.3. The summed E-state index contributed by atoms with van der Waals surface area (Å²) >= 11 is 0. The lowest BCUT2D eigenvalue weighted by Gasteiger charge is -2.23. The summed E-state index contributed by atoms with van der Waals surface area (Å²) < 4.78 is 2.14. The normalized spacial score (nSPS) is 11.9. The molecule has 2 aromatic heterocycles. The Bertz CT molecular complexity index is 872. The van der Waals surface area contributed by atoms with Crippen LogP contribution in [0.25, 0.3) is 16.9 Å². The van der Waals surface area contributed by atoms with Gasteiger partial charge in [0.15, 0.2) is 0 Å². The lowest BCUT2D eigenvalue weighted by molar-refractivity contribution is 0.475. The van der Waals surface area contributed by atoms with Crippen LogP contribution < -0.4 is 5.32 Å². The smallest absolute Gasteiger partial charge is 0.139 e. The predicted octanol–water partition coefficient (Wildman–Crippen LogP) is 4.53. The number of hydrogen-bond donors (Lipinski definition) is 2. The SMILES string of the molecule is Cc1cc(C)n2c(NC(C)(C)C)c(-c3cccc(O)c3)nc2c1. The molecule has 0 saturated heterocycles. The van der Waals surface area contributed by atoms with Crippen LogP contribution in [0, 0.1) is 13.8 Å². The van der Waals surface area contributed by atoms with E-state index in [0.717, 1.165) is 28.4 Å². The third-order valence-corrected chi connectivity index (χ3v) is 3.66. The Kier molecular flexibility index (Phi) is 3.55.